The Kier molecular flexibility index (Phi) is 2.45. The number of fused-ring (bicyclic) bond motifs is 1. The lowest BCUT2D eigenvalue weighted by molar-refractivity contribution is -0.123. The first-order valence-electron chi connectivity index (χ1n) is 5.54. The van der Waals surface area contributed by atoms with Gasteiger partial charge in [-0.05, 0) is 19.1 Å². The van der Waals surface area contributed by atoms with Gasteiger partial charge < -0.3 is 0 Å². The average molecular weight is 244 g/mol. The molecule has 1 saturated heterocycles. The molecule has 0 bridgehead atoms. The lowest BCUT2D eigenvalue weighted by Crippen LogP contribution is -2.55. The van der Waals surface area contributed by atoms with Crippen molar-refractivity contribution in [1.29, 1.82) is 0 Å². The monoisotopic (exact) mass is 244 g/mol. The number of carbonyl (C=O) groups is 1. The third kappa shape index (κ3) is 1.70. The Bertz CT molecular complexity index is 538. The summed E-state index contributed by atoms with van der Waals surface area (Å²) in [7, 11) is 0. The van der Waals surface area contributed by atoms with Crippen molar-refractivity contribution < 1.29 is 4.79 Å². The maximum Gasteiger partial charge on any atom is 0.279 e. The van der Waals surface area contributed by atoms with Crippen LogP contribution >= 0.6 is 0 Å². The molecule has 7 nitrogen and oxygen atoms in total. The van der Waals surface area contributed by atoms with E-state index in [1.807, 2.05) is 30.3 Å². The Morgan fingerprint density at radius 1 is 1.33 bits per heavy atom. The highest BCUT2D eigenvalue weighted by Crippen LogP contribution is 2.14. The van der Waals surface area contributed by atoms with E-state index in [-0.39, 0.29) is 5.91 Å². The predicted octanol–water partition coefficient (Wildman–Crippen LogP) is -0.127. The molecule has 1 aromatic carbocycles. The average Bonchev–Trinajstić information content (AvgIpc) is 2.79. The minimum Gasteiger partial charge on any atom is -0.287 e. The van der Waals surface area contributed by atoms with Crippen molar-refractivity contribution in [2.75, 3.05) is 0 Å². The fourth-order valence-corrected chi connectivity index (χ4v) is 1.77. The predicted molar refractivity (Wildman–Crippen MR) is 66.7 cm³/mol. The van der Waals surface area contributed by atoms with Gasteiger partial charge in [-0.3, -0.25) is 15.6 Å². The summed E-state index contributed by atoms with van der Waals surface area (Å²) in [6, 6.07) is 9.43. The van der Waals surface area contributed by atoms with Crippen LogP contribution in [0.15, 0.2) is 40.4 Å². The number of hydrazine groups is 1. The van der Waals surface area contributed by atoms with E-state index in [1.54, 1.807) is 6.92 Å². The van der Waals surface area contributed by atoms with Gasteiger partial charge in [-0.15, -0.1) is 0 Å². The van der Waals surface area contributed by atoms with E-state index in [0.29, 0.717) is 11.7 Å². The summed E-state index contributed by atoms with van der Waals surface area (Å²) in [5.41, 5.74) is 9.74. The zero-order valence-electron chi connectivity index (χ0n) is 9.71. The fourth-order valence-electron chi connectivity index (χ4n) is 1.77. The number of aliphatic imine (C=N–C) groups is 1. The van der Waals surface area contributed by atoms with E-state index in [9.17, 15) is 4.79 Å². The molecule has 3 rings (SSSR count). The molecule has 3 N–H and O–H groups in total. The van der Waals surface area contributed by atoms with Crippen molar-refractivity contribution in [3.05, 3.63) is 30.3 Å². The van der Waals surface area contributed by atoms with Crippen LogP contribution in [0.1, 0.15) is 6.92 Å². The van der Waals surface area contributed by atoms with Crippen molar-refractivity contribution in [1.82, 2.24) is 21.2 Å². The van der Waals surface area contributed by atoms with Crippen molar-refractivity contribution in [2.45, 2.75) is 13.2 Å². The summed E-state index contributed by atoms with van der Waals surface area (Å²) in [5.74, 6) is 0.281. The van der Waals surface area contributed by atoms with Crippen molar-refractivity contribution in [2.24, 2.45) is 10.1 Å². The number of amides is 1. The van der Waals surface area contributed by atoms with Crippen molar-refractivity contribution in [3.8, 4) is 0 Å². The van der Waals surface area contributed by atoms with Gasteiger partial charge >= 0.3 is 0 Å². The molecule has 2 aliphatic heterocycles. The molecular weight excluding hydrogens is 232 g/mol. The standard InChI is InChI=1S/C11H12N6O/c1-7-9(18)17-10(14-16-11(17)15-13-7)12-8-5-3-2-4-6-8/h2-6,11,15-16H,1H3,(H,12,14). The smallest absolute Gasteiger partial charge is 0.279 e. The first kappa shape index (κ1) is 10.7. The van der Waals surface area contributed by atoms with Gasteiger partial charge in [0, 0.05) is 0 Å². The third-order valence-electron chi connectivity index (χ3n) is 2.68. The number of rotatable bonds is 1. The first-order chi connectivity index (χ1) is 8.75. The van der Waals surface area contributed by atoms with E-state index in [0.717, 1.165) is 5.69 Å². The normalized spacial score (nSPS) is 24.4. The molecule has 2 aliphatic rings. The molecule has 18 heavy (non-hydrogen) atoms. The van der Waals surface area contributed by atoms with Gasteiger partial charge in [-0.25, -0.2) is 9.89 Å². The minimum absolute atomic E-state index is 0.175. The van der Waals surface area contributed by atoms with Gasteiger partial charge in [0.05, 0.1) is 5.69 Å². The Balaban J connectivity index is 1.93. The second kappa shape index (κ2) is 4.11. The summed E-state index contributed by atoms with van der Waals surface area (Å²) >= 11 is 0. The number of carbonyl (C=O) groups excluding carboxylic acids is 1. The van der Waals surface area contributed by atoms with Gasteiger partial charge in [-0.1, -0.05) is 18.2 Å². The van der Waals surface area contributed by atoms with Crippen LogP contribution in [-0.2, 0) is 4.79 Å². The lowest BCUT2D eigenvalue weighted by atomic mass is 10.3. The SMILES string of the molecule is CC1=NNC2NNC(=Nc3ccccc3)N2C1=O. The van der Waals surface area contributed by atoms with Gasteiger partial charge in [0.1, 0.15) is 5.71 Å². The number of nitrogens with one attached hydrogen (secondary N) is 3. The van der Waals surface area contributed by atoms with Crippen LogP contribution in [0.25, 0.3) is 0 Å². The largest absolute Gasteiger partial charge is 0.287 e. The lowest BCUT2D eigenvalue weighted by Gasteiger charge is -2.25. The summed E-state index contributed by atoms with van der Waals surface area (Å²) < 4.78 is 0. The molecular formula is C11H12N6O. The zero-order valence-corrected chi connectivity index (χ0v) is 9.71. The van der Waals surface area contributed by atoms with E-state index >= 15 is 0 Å². The van der Waals surface area contributed by atoms with Crippen molar-refractivity contribution in [3.63, 3.8) is 0 Å². The molecule has 92 valence electrons. The van der Waals surface area contributed by atoms with Crippen molar-refractivity contribution >= 4 is 23.3 Å². The molecule has 1 unspecified atom stereocenters. The number of hydrogen-bond acceptors (Lipinski definition) is 5. The van der Waals surface area contributed by atoms with Gasteiger partial charge in [0.2, 0.25) is 5.96 Å². The van der Waals surface area contributed by atoms with Crippen LogP contribution in [0.5, 0.6) is 0 Å². The minimum atomic E-state index is -0.399. The summed E-state index contributed by atoms with van der Waals surface area (Å²) in [6.07, 6.45) is -0.399. The maximum absolute atomic E-state index is 12.0. The molecule has 7 heteroatoms. The van der Waals surface area contributed by atoms with E-state index in [4.69, 9.17) is 0 Å². The number of hydrogen-bond donors (Lipinski definition) is 3. The Hall–Kier alpha value is -2.41. The molecule has 1 fully saturated rings. The summed E-state index contributed by atoms with van der Waals surface area (Å²) in [4.78, 5) is 17.9. The molecule has 2 heterocycles. The topological polar surface area (TPSA) is 81.1 Å². The van der Waals surface area contributed by atoms with Crippen LogP contribution in [-0.4, -0.2) is 28.8 Å². The molecule has 0 aliphatic carbocycles. The van der Waals surface area contributed by atoms with Crippen LogP contribution in [0.4, 0.5) is 5.69 Å². The molecule has 1 amide bonds. The van der Waals surface area contributed by atoms with Crippen LogP contribution in [0.2, 0.25) is 0 Å². The van der Waals surface area contributed by atoms with Gasteiger partial charge in [0.25, 0.3) is 5.91 Å². The second-order valence-corrected chi connectivity index (χ2v) is 3.94. The highest BCUT2D eigenvalue weighted by atomic mass is 16.2. The number of nitrogens with zero attached hydrogens (tertiary/aromatic N) is 3. The Morgan fingerprint density at radius 2 is 2.11 bits per heavy atom. The molecule has 0 radical (unpaired) electrons. The van der Waals surface area contributed by atoms with Crippen LogP contribution in [0.3, 0.4) is 0 Å². The van der Waals surface area contributed by atoms with Gasteiger partial charge in [0.15, 0.2) is 6.29 Å². The van der Waals surface area contributed by atoms with Crippen LogP contribution in [0, 0.1) is 0 Å². The fraction of sp³-hybridized carbons (Fsp3) is 0.182. The Labute approximate surface area is 104 Å². The molecule has 1 atom stereocenters. The summed E-state index contributed by atoms with van der Waals surface area (Å²) in [5, 5.41) is 3.91. The Morgan fingerprint density at radius 3 is 2.89 bits per heavy atom. The molecule has 0 saturated carbocycles. The molecule has 0 aromatic heterocycles. The molecule has 0 spiro atoms. The first-order valence-corrected chi connectivity index (χ1v) is 5.54. The highest BCUT2D eigenvalue weighted by Gasteiger charge is 2.38. The highest BCUT2D eigenvalue weighted by molar-refractivity contribution is 6.41. The summed E-state index contributed by atoms with van der Waals surface area (Å²) in [6.45, 7) is 1.66. The number of guanidine groups is 1. The van der Waals surface area contributed by atoms with E-state index in [1.165, 1.54) is 4.90 Å². The van der Waals surface area contributed by atoms with E-state index in [2.05, 4.69) is 26.4 Å². The molecule has 1 aromatic rings. The van der Waals surface area contributed by atoms with Crippen LogP contribution < -0.4 is 16.3 Å². The van der Waals surface area contributed by atoms with E-state index < -0.39 is 6.29 Å². The van der Waals surface area contributed by atoms with Gasteiger partial charge in [-0.2, -0.15) is 10.5 Å². The quantitative estimate of drug-likeness (QED) is 0.643. The zero-order chi connectivity index (χ0) is 12.5. The number of hydrazone groups is 1. The number of para-hydroxylation sites is 1. The second-order valence-electron chi connectivity index (χ2n) is 3.94. The maximum atomic E-state index is 12.0. The third-order valence-corrected chi connectivity index (χ3v) is 2.68. The number of benzene rings is 1.